The van der Waals surface area contributed by atoms with E-state index in [0.29, 0.717) is 13.2 Å². The van der Waals surface area contributed by atoms with Crippen LogP contribution in [-0.4, -0.2) is 36.6 Å². The third-order valence-corrected chi connectivity index (χ3v) is 6.05. The van der Waals surface area contributed by atoms with Crippen molar-refractivity contribution in [2.75, 3.05) is 26.4 Å². The topological polar surface area (TPSA) is 58.9 Å². The van der Waals surface area contributed by atoms with Gasteiger partial charge in [0.15, 0.2) is 0 Å². The normalized spacial score (nSPS) is 13.9. The van der Waals surface area contributed by atoms with E-state index in [2.05, 4.69) is 66.7 Å². The van der Waals surface area contributed by atoms with Gasteiger partial charge in [-0.15, -0.1) is 0 Å². The van der Waals surface area contributed by atoms with Gasteiger partial charge < -0.3 is 19.7 Å². The first kappa shape index (κ1) is 21.3. The minimum Gasteiger partial charge on any atom is -0.491 e. The van der Waals surface area contributed by atoms with Crippen molar-refractivity contribution in [3.05, 3.63) is 108 Å². The number of ether oxygens (including phenoxy) is 2. The van der Waals surface area contributed by atoms with E-state index in [1.54, 1.807) is 0 Å². The van der Waals surface area contributed by atoms with Gasteiger partial charge in [0, 0.05) is 5.92 Å². The summed E-state index contributed by atoms with van der Waals surface area (Å²) in [5.74, 6) is 1.66. The highest BCUT2D eigenvalue weighted by Gasteiger charge is 2.30. The first-order valence-corrected chi connectivity index (χ1v) is 11.2. The summed E-state index contributed by atoms with van der Waals surface area (Å²) in [6.07, 6.45) is 0. The molecule has 0 amide bonds. The highest BCUT2D eigenvalue weighted by molar-refractivity contribution is 5.83. The molecule has 5 rings (SSSR count). The number of fused-ring (bicyclic) bond motifs is 3. The van der Waals surface area contributed by atoms with Crippen LogP contribution in [0.3, 0.4) is 0 Å². The van der Waals surface area contributed by atoms with Crippen molar-refractivity contribution in [2.45, 2.75) is 5.92 Å². The summed E-state index contributed by atoms with van der Waals surface area (Å²) < 4.78 is 11.0. The van der Waals surface area contributed by atoms with Gasteiger partial charge in [0.1, 0.15) is 24.7 Å². The van der Waals surface area contributed by atoms with Gasteiger partial charge in [-0.2, -0.15) is 0 Å². The third-order valence-electron chi connectivity index (χ3n) is 6.05. The Morgan fingerprint density at radius 3 is 1.82 bits per heavy atom. The fourth-order valence-electron chi connectivity index (χ4n) is 4.57. The van der Waals surface area contributed by atoms with E-state index >= 15 is 0 Å². The maximum Gasteiger partial charge on any atom is 0.119 e. The molecular weight excluding hydrogens is 412 g/mol. The van der Waals surface area contributed by atoms with Crippen LogP contribution in [0.15, 0.2) is 91.0 Å². The summed E-state index contributed by atoms with van der Waals surface area (Å²) in [4.78, 5) is 0. The molecule has 0 aliphatic heterocycles. The lowest BCUT2D eigenvalue weighted by molar-refractivity contribution is 0.201. The SMILES string of the molecule is OCCOc1ccc(-c2ccc3c(c2)C(c2ccc(OCCO)cc2)c2ccccc2-3)cc1. The smallest absolute Gasteiger partial charge is 0.119 e. The number of hydrogen-bond acceptors (Lipinski definition) is 4. The van der Waals surface area contributed by atoms with Crippen molar-refractivity contribution in [3.8, 4) is 33.8 Å². The van der Waals surface area contributed by atoms with Gasteiger partial charge in [0.25, 0.3) is 0 Å². The Bertz CT molecular complexity index is 1230. The van der Waals surface area contributed by atoms with E-state index in [4.69, 9.17) is 19.7 Å². The van der Waals surface area contributed by atoms with Gasteiger partial charge in [0.2, 0.25) is 0 Å². The second-order valence-electron chi connectivity index (χ2n) is 8.06. The molecule has 0 saturated heterocycles. The van der Waals surface area contributed by atoms with Gasteiger partial charge >= 0.3 is 0 Å². The van der Waals surface area contributed by atoms with Crippen LogP contribution in [0.2, 0.25) is 0 Å². The molecule has 1 aliphatic rings. The van der Waals surface area contributed by atoms with E-state index in [-0.39, 0.29) is 19.1 Å². The number of aliphatic hydroxyl groups excluding tert-OH is 2. The number of benzene rings is 4. The van der Waals surface area contributed by atoms with Crippen LogP contribution in [0.25, 0.3) is 22.3 Å². The lowest BCUT2D eigenvalue weighted by atomic mass is 9.88. The number of hydrogen-bond donors (Lipinski definition) is 2. The van der Waals surface area contributed by atoms with Crippen LogP contribution >= 0.6 is 0 Å². The van der Waals surface area contributed by atoms with Gasteiger partial charge in [-0.1, -0.05) is 60.7 Å². The lowest BCUT2D eigenvalue weighted by Crippen LogP contribution is -2.03. The Hall–Kier alpha value is -3.60. The Kier molecular flexibility index (Phi) is 6.11. The summed E-state index contributed by atoms with van der Waals surface area (Å²) in [5, 5.41) is 18.0. The molecule has 4 nitrogen and oxygen atoms in total. The summed E-state index contributed by atoms with van der Waals surface area (Å²) in [5.41, 5.74) is 8.63. The monoisotopic (exact) mass is 438 g/mol. The second kappa shape index (κ2) is 9.49. The predicted molar refractivity (Wildman–Crippen MR) is 130 cm³/mol. The third kappa shape index (κ3) is 4.23. The molecular formula is C29H26O4. The van der Waals surface area contributed by atoms with E-state index in [0.717, 1.165) is 22.6 Å². The zero-order valence-corrected chi connectivity index (χ0v) is 18.3. The molecule has 0 spiro atoms. The molecule has 4 heteroatoms. The minimum absolute atomic E-state index is 0.00242. The Morgan fingerprint density at radius 1 is 0.576 bits per heavy atom. The molecule has 4 aromatic carbocycles. The molecule has 0 radical (unpaired) electrons. The van der Waals surface area contributed by atoms with Crippen LogP contribution in [0.5, 0.6) is 11.5 Å². The van der Waals surface area contributed by atoms with Crippen molar-refractivity contribution in [1.82, 2.24) is 0 Å². The molecule has 0 fully saturated rings. The maximum absolute atomic E-state index is 9.00. The Labute approximate surface area is 193 Å². The predicted octanol–water partition coefficient (Wildman–Crippen LogP) is 5.26. The Morgan fingerprint density at radius 2 is 1.15 bits per heavy atom. The van der Waals surface area contributed by atoms with Crippen molar-refractivity contribution >= 4 is 0 Å². The summed E-state index contributed by atoms with van der Waals surface area (Å²) in [6.45, 7) is 0.592. The molecule has 0 heterocycles. The Balaban J connectivity index is 1.51. The first-order chi connectivity index (χ1) is 16.3. The van der Waals surface area contributed by atoms with Crippen molar-refractivity contribution in [2.24, 2.45) is 0 Å². The van der Waals surface area contributed by atoms with Crippen molar-refractivity contribution in [3.63, 3.8) is 0 Å². The largest absolute Gasteiger partial charge is 0.491 e. The van der Waals surface area contributed by atoms with Gasteiger partial charge in [-0.05, 0) is 69.3 Å². The van der Waals surface area contributed by atoms with Crippen molar-refractivity contribution in [1.29, 1.82) is 0 Å². The molecule has 0 bridgehead atoms. The summed E-state index contributed by atoms with van der Waals surface area (Å²) in [6, 6.07) is 31.4. The molecule has 1 aliphatic carbocycles. The highest BCUT2D eigenvalue weighted by atomic mass is 16.5. The standard InChI is InChI=1S/C29H26O4/c30-15-17-32-23-10-5-20(6-11-23)22-9-14-26-25-3-1-2-4-27(25)29(28(26)19-22)21-7-12-24(13-8-21)33-18-16-31/h1-14,19,29-31H,15-18H2. The summed E-state index contributed by atoms with van der Waals surface area (Å²) >= 11 is 0. The van der Waals surface area contributed by atoms with Crippen LogP contribution < -0.4 is 9.47 Å². The van der Waals surface area contributed by atoms with Gasteiger partial charge in [-0.3, -0.25) is 0 Å². The summed E-state index contributed by atoms with van der Waals surface area (Å²) in [7, 11) is 0. The molecule has 1 atom stereocenters. The van der Waals surface area contributed by atoms with Crippen LogP contribution in [0.4, 0.5) is 0 Å². The van der Waals surface area contributed by atoms with Gasteiger partial charge in [-0.25, -0.2) is 0 Å². The van der Waals surface area contributed by atoms with E-state index in [1.165, 1.54) is 27.8 Å². The van der Waals surface area contributed by atoms with Crippen LogP contribution in [0.1, 0.15) is 22.6 Å². The zero-order chi connectivity index (χ0) is 22.6. The van der Waals surface area contributed by atoms with Gasteiger partial charge in [0.05, 0.1) is 13.2 Å². The average molecular weight is 439 g/mol. The first-order valence-electron chi connectivity index (χ1n) is 11.2. The van der Waals surface area contributed by atoms with E-state index in [1.807, 2.05) is 24.3 Å². The van der Waals surface area contributed by atoms with E-state index < -0.39 is 0 Å². The minimum atomic E-state index is 0.00242. The second-order valence-corrected chi connectivity index (χ2v) is 8.06. The average Bonchev–Trinajstić information content (AvgIpc) is 3.20. The zero-order valence-electron chi connectivity index (χ0n) is 18.3. The molecule has 0 saturated carbocycles. The molecule has 33 heavy (non-hydrogen) atoms. The van der Waals surface area contributed by atoms with Crippen LogP contribution in [-0.2, 0) is 0 Å². The molecule has 1 unspecified atom stereocenters. The number of rotatable bonds is 8. The maximum atomic E-state index is 9.00. The fourth-order valence-corrected chi connectivity index (χ4v) is 4.57. The molecule has 166 valence electrons. The quantitative estimate of drug-likeness (QED) is 0.347. The highest BCUT2D eigenvalue weighted by Crippen LogP contribution is 2.49. The van der Waals surface area contributed by atoms with E-state index in [9.17, 15) is 0 Å². The molecule has 4 aromatic rings. The molecule has 0 aromatic heterocycles. The molecule has 2 N–H and O–H groups in total. The van der Waals surface area contributed by atoms with Crippen LogP contribution in [0, 0.1) is 0 Å². The van der Waals surface area contributed by atoms with Crippen molar-refractivity contribution < 1.29 is 19.7 Å². The fraction of sp³-hybridized carbons (Fsp3) is 0.172. The lowest BCUT2D eigenvalue weighted by Gasteiger charge is -2.16. The number of aliphatic hydroxyl groups is 2.